The van der Waals surface area contributed by atoms with Crippen molar-refractivity contribution in [2.24, 2.45) is 0 Å². The van der Waals surface area contributed by atoms with Crippen LogP contribution in [0.4, 0.5) is 5.69 Å². The molecule has 0 aliphatic carbocycles. The van der Waals surface area contributed by atoms with Crippen molar-refractivity contribution in [2.75, 3.05) is 17.9 Å². The quantitative estimate of drug-likeness (QED) is 0.706. The summed E-state index contributed by atoms with van der Waals surface area (Å²) in [5.41, 5.74) is -0.548. The average molecular weight is 222 g/mol. The van der Waals surface area contributed by atoms with Gasteiger partial charge in [-0.15, -0.1) is 0 Å². The minimum Gasteiger partial charge on any atom is -0.371 e. The SMILES string of the molecule is [2H]c1c([2H])c(Br)c([2H])c(N2C([2H])([2H])C([2H])([2H])C2([2H])[2H])c1[2H]. The molecule has 1 fully saturated rings. The molecule has 1 saturated heterocycles. The van der Waals surface area contributed by atoms with E-state index < -0.39 is 49.2 Å². The molecule has 1 aliphatic rings. The molecule has 0 bridgehead atoms. The van der Waals surface area contributed by atoms with Crippen LogP contribution in [0, 0.1) is 0 Å². The highest BCUT2D eigenvalue weighted by molar-refractivity contribution is 9.10. The summed E-state index contributed by atoms with van der Waals surface area (Å²) >= 11 is 2.90. The van der Waals surface area contributed by atoms with Crippen molar-refractivity contribution in [2.45, 2.75) is 6.37 Å². The van der Waals surface area contributed by atoms with Gasteiger partial charge in [-0.25, -0.2) is 0 Å². The Hall–Kier alpha value is -0.500. The van der Waals surface area contributed by atoms with Crippen LogP contribution in [-0.4, -0.2) is 13.0 Å². The van der Waals surface area contributed by atoms with Crippen LogP contribution >= 0.6 is 15.9 Å². The maximum absolute atomic E-state index is 7.86. The van der Waals surface area contributed by atoms with Crippen molar-refractivity contribution < 1.29 is 13.7 Å². The minimum atomic E-state index is -2.84. The molecule has 0 saturated carbocycles. The molecule has 1 aromatic rings. The van der Waals surface area contributed by atoms with Crippen LogP contribution < -0.4 is 4.90 Å². The highest BCUT2D eigenvalue weighted by Crippen LogP contribution is 2.23. The van der Waals surface area contributed by atoms with E-state index in [-0.39, 0.29) is 4.47 Å². The van der Waals surface area contributed by atoms with Gasteiger partial charge in [-0.3, -0.25) is 0 Å². The molecule has 0 amide bonds. The fourth-order valence-electron chi connectivity index (χ4n) is 0.647. The largest absolute Gasteiger partial charge is 0.371 e. The zero-order valence-electron chi connectivity index (χ0n) is 15.3. The molecule has 1 aliphatic heterocycles. The van der Waals surface area contributed by atoms with Gasteiger partial charge in [0.25, 0.3) is 0 Å². The fraction of sp³-hybridized carbons (Fsp3) is 0.333. The van der Waals surface area contributed by atoms with Crippen molar-refractivity contribution in [3.8, 4) is 0 Å². The zero-order chi connectivity index (χ0) is 16.5. The van der Waals surface area contributed by atoms with E-state index in [1.165, 1.54) is 0 Å². The number of nitrogens with zero attached hydrogens (tertiary/aromatic N) is 1. The highest BCUT2D eigenvalue weighted by Gasteiger charge is 2.13. The zero-order valence-corrected chi connectivity index (χ0v) is 6.91. The molecule has 2 rings (SSSR count). The molecule has 1 heterocycles. The maximum atomic E-state index is 7.86. The molecule has 0 atom stereocenters. The van der Waals surface area contributed by atoms with Gasteiger partial charge in [0, 0.05) is 31.4 Å². The Kier molecular flexibility index (Phi) is 0.532. The second-order valence-corrected chi connectivity index (χ2v) is 2.64. The Labute approximate surface area is 89.2 Å². The summed E-state index contributed by atoms with van der Waals surface area (Å²) in [6.45, 7) is -5.56. The number of hydrogen-bond donors (Lipinski definition) is 0. The van der Waals surface area contributed by atoms with E-state index in [1.807, 2.05) is 0 Å². The second-order valence-electron chi connectivity index (χ2n) is 1.85. The Morgan fingerprint density at radius 3 is 3.18 bits per heavy atom. The van der Waals surface area contributed by atoms with E-state index >= 15 is 0 Å². The van der Waals surface area contributed by atoms with Gasteiger partial charge >= 0.3 is 0 Å². The molecule has 0 radical (unpaired) electrons. The first-order valence-corrected chi connectivity index (χ1v) is 3.65. The number of benzene rings is 1. The molecule has 0 spiro atoms. The third-order valence-corrected chi connectivity index (χ3v) is 1.54. The van der Waals surface area contributed by atoms with E-state index in [4.69, 9.17) is 13.7 Å². The Morgan fingerprint density at radius 1 is 1.55 bits per heavy atom. The number of rotatable bonds is 1. The lowest BCUT2D eigenvalue weighted by atomic mass is 10.2. The van der Waals surface area contributed by atoms with E-state index in [0.29, 0.717) is 4.90 Å². The lowest BCUT2D eigenvalue weighted by Crippen LogP contribution is -2.36. The molecule has 11 heavy (non-hydrogen) atoms. The molecular weight excluding hydrogens is 202 g/mol. The summed E-state index contributed by atoms with van der Waals surface area (Å²) in [6, 6.07) is -2.23. The van der Waals surface area contributed by atoms with Crippen LogP contribution in [0.2, 0.25) is 0 Å². The van der Waals surface area contributed by atoms with Gasteiger partial charge in [0.1, 0.15) is 0 Å². The van der Waals surface area contributed by atoms with Crippen molar-refractivity contribution in [3.63, 3.8) is 0 Å². The monoisotopic (exact) mass is 221 g/mol. The van der Waals surface area contributed by atoms with Crippen LogP contribution in [0.25, 0.3) is 0 Å². The molecule has 0 aromatic heterocycles. The predicted molar refractivity (Wildman–Crippen MR) is 51.0 cm³/mol. The van der Waals surface area contributed by atoms with Gasteiger partial charge in [0.15, 0.2) is 0 Å². The summed E-state index contributed by atoms with van der Waals surface area (Å²) in [6.07, 6.45) is -2.84. The van der Waals surface area contributed by atoms with Crippen LogP contribution in [0.5, 0.6) is 0 Å². The van der Waals surface area contributed by atoms with Gasteiger partial charge in [0.05, 0.1) is 5.48 Å². The Morgan fingerprint density at radius 2 is 2.36 bits per heavy atom. The molecular formula is C9H10BrN. The van der Waals surface area contributed by atoms with Gasteiger partial charge in [-0.2, -0.15) is 0 Å². The predicted octanol–water partition coefficient (Wildman–Crippen LogP) is 2.66. The van der Waals surface area contributed by atoms with Crippen LogP contribution in [-0.2, 0) is 0 Å². The molecule has 1 aromatic carbocycles. The van der Waals surface area contributed by atoms with E-state index in [9.17, 15) is 0 Å². The highest BCUT2D eigenvalue weighted by atomic mass is 79.9. The normalized spacial score (nSPS) is 43.2. The van der Waals surface area contributed by atoms with E-state index in [1.54, 1.807) is 0 Å². The second kappa shape index (κ2) is 2.86. The van der Waals surface area contributed by atoms with Crippen molar-refractivity contribution >= 4 is 21.6 Å². The van der Waals surface area contributed by atoms with Gasteiger partial charge in [-0.1, -0.05) is 22.0 Å². The van der Waals surface area contributed by atoms with Crippen molar-refractivity contribution in [3.05, 3.63) is 28.6 Å². The third kappa shape index (κ3) is 1.41. The van der Waals surface area contributed by atoms with Gasteiger partial charge in [-0.05, 0) is 24.5 Å². The average Bonchev–Trinajstić information content (AvgIpc) is 2.37. The topological polar surface area (TPSA) is 3.24 Å². The minimum absolute atomic E-state index is 0.169. The summed E-state index contributed by atoms with van der Waals surface area (Å²) in [5, 5.41) is 0. The van der Waals surface area contributed by atoms with Crippen LogP contribution in [0.1, 0.15) is 20.1 Å². The van der Waals surface area contributed by atoms with E-state index in [2.05, 4.69) is 15.9 Å². The lowest BCUT2D eigenvalue weighted by molar-refractivity contribution is 0.617. The van der Waals surface area contributed by atoms with Crippen LogP contribution in [0.15, 0.2) is 28.6 Å². The first-order chi connectivity index (χ1) is 9.30. The first kappa shape index (κ1) is 2.05. The standard InChI is InChI=1S/C9H10BrN/c10-8-3-1-4-9(7-8)11-5-2-6-11/h1,3-4,7H,2,5-6H2/i1D,2D2,3D,4D,5D2,6D2,7D. The molecule has 1 nitrogen and oxygen atoms in total. The summed E-state index contributed by atoms with van der Waals surface area (Å²) in [5.74, 6) is 0. The van der Waals surface area contributed by atoms with Gasteiger partial charge < -0.3 is 4.90 Å². The van der Waals surface area contributed by atoms with Crippen LogP contribution in [0.3, 0.4) is 0 Å². The molecule has 2 heteroatoms. The number of halogens is 1. The van der Waals surface area contributed by atoms with Crippen molar-refractivity contribution in [1.29, 1.82) is 0 Å². The first-order valence-electron chi connectivity index (χ1n) is 7.86. The number of hydrogen-bond acceptors (Lipinski definition) is 1. The summed E-state index contributed by atoms with van der Waals surface area (Å²) < 4.78 is 76.4. The lowest BCUT2D eigenvalue weighted by Gasteiger charge is -2.33. The summed E-state index contributed by atoms with van der Waals surface area (Å²) in [4.78, 5) is 0.354. The van der Waals surface area contributed by atoms with E-state index in [0.717, 1.165) is 0 Å². The molecule has 0 unspecified atom stereocenters. The fourth-order valence-corrected chi connectivity index (χ4v) is 0.934. The molecule has 58 valence electrons. The Bertz CT molecular complexity index is 580. The van der Waals surface area contributed by atoms with Crippen molar-refractivity contribution in [1.82, 2.24) is 0 Å². The molecule has 0 N–H and O–H groups in total. The smallest absolute Gasteiger partial charge is 0.0657 e. The third-order valence-electron chi connectivity index (χ3n) is 1.14. The number of anilines is 1. The van der Waals surface area contributed by atoms with Gasteiger partial charge in [0.2, 0.25) is 0 Å². The Balaban J connectivity index is 2.75. The maximum Gasteiger partial charge on any atom is 0.0657 e. The summed E-state index contributed by atoms with van der Waals surface area (Å²) in [7, 11) is 0.